The summed E-state index contributed by atoms with van der Waals surface area (Å²) in [5, 5.41) is 11.7. The van der Waals surface area contributed by atoms with Crippen molar-refractivity contribution in [3.63, 3.8) is 0 Å². The van der Waals surface area contributed by atoms with Crippen LogP contribution in [0.25, 0.3) is 0 Å². The molecule has 8 nitrogen and oxygen atoms in total. The summed E-state index contributed by atoms with van der Waals surface area (Å²) in [7, 11) is 1.98. The SMILES string of the molecule is CN(CCc1ccncc1)c1nncc(Nc2ccccc2N2CCOCC2)n1. The fourth-order valence-electron chi connectivity index (χ4n) is 3.26. The number of hydrogen-bond donors (Lipinski definition) is 1. The Morgan fingerprint density at radius 2 is 1.90 bits per heavy atom. The molecule has 0 amide bonds. The van der Waals surface area contributed by atoms with Gasteiger partial charge in [-0.05, 0) is 36.2 Å². The van der Waals surface area contributed by atoms with Gasteiger partial charge in [-0.1, -0.05) is 12.1 Å². The Kier molecular flexibility index (Phi) is 6.11. The maximum atomic E-state index is 5.47. The quantitative estimate of drug-likeness (QED) is 0.658. The van der Waals surface area contributed by atoms with Crippen molar-refractivity contribution in [1.29, 1.82) is 0 Å². The van der Waals surface area contributed by atoms with Gasteiger partial charge >= 0.3 is 0 Å². The topological polar surface area (TPSA) is 79.3 Å². The monoisotopic (exact) mass is 391 g/mol. The predicted octanol–water partition coefficient (Wildman–Crippen LogP) is 2.53. The largest absolute Gasteiger partial charge is 0.378 e. The first kappa shape index (κ1) is 19.1. The number of benzene rings is 1. The fraction of sp³-hybridized carbons (Fsp3) is 0.333. The molecule has 1 aliphatic rings. The normalized spacial score (nSPS) is 13.9. The van der Waals surface area contributed by atoms with E-state index in [9.17, 15) is 0 Å². The lowest BCUT2D eigenvalue weighted by Crippen LogP contribution is -2.36. The summed E-state index contributed by atoms with van der Waals surface area (Å²) in [6, 6.07) is 12.3. The Bertz CT molecular complexity index is 916. The van der Waals surface area contributed by atoms with Gasteiger partial charge in [-0.2, -0.15) is 10.1 Å². The molecule has 2 aromatic heterocycles. The van der Waals surface area contributed by atoms with E-state index in [0.29, 0.717) is 11.8 Å². The van der Waals surface area contributed by atoms with E-state index in [1.807, 2.05) is 48.6 Å². The Morgan fingerprint density at radius 3 is 2.72 bits per heavy atom. The summed E-state index contributed by atoms with van der Waals surface area (Å²) < 4.78 is 5.47. The molecule has 4 rings (SSSR count). The van der Waals surface area contributed by atoms with Gasteiger partial charge in [0.05, 0.1) is 30.8 Å². The van der Waals surface area contributed by atoms with E-state index in [1.165, 1.54) is 5.56 Å². The first-order valence-electron chi connectivity index (χ1n) is 9.78. The van der Waals surface area contributed by atoms with Gasteiger partial charge in [-0.15, -0.1) is 5.10 Å². The number of rotatable bonds is 7. The van der Waals surface area contributed by atoms with Crippen molar-refractivity contribution in [2.45, 2.75) is 6.42 Å². The first-order chi connectivity index (χ1) is 14.3. The maximum absolute atomic E-state index is 5.47. The third-order valence-corrected chi connectivity index (χ3v) is 4.89. The van der Waals surface area contributed by atoms with Crippen LogP contribution in [-0.4, -0.2) is 60.1 Å². The average molecular weight is 391 g/mol. The molecule has 29 heavy (non-hydrogen) atoms. The summed E-state index contributed by atoms with van der Waals surface area (Å²) >= 11 is 0. The van der Waals surface area contributed by atoms with E-state index in [1.54, 1.807) is 6.20 Å². The van der Waals surface area contributed by atoms with Crippen LogP contribution in [0.5, 0.6) is 0 Å². The molecular weight excluding hydrogens is 366 g/mol. The zero-order valence-corrected chi connectivity index (χ0v) is 16.5. The minimum atomic E-state index is 0.591. The predicted molar refractivity (Wildman–Crippen MR) is 114 cm³/mol. The number of pyridine rings is 1. The number of morpholine rings is 1. The average Bonchev–Trinajstić information content (AvgIpc) is 2.79. The van der Waals surface area contributed by atoms with E-state index in [2.05, 4.69) is 42.5 Å². The smallest absolute Gasteiger partial charge is 0.247 e. The number of nitrogens with one attached hydrogen (secondary N) is 1. The van der Waals surface area contributed by atoms with Gasteiger partial charge < -0.3 is 19.9 Å². The minimum absolute atomic E-state index is 0.591. The molecule has 1 fully saturated rings. The molecule has 0 unspecified atom stereocenters. The van der Waals surface area contributed by atoms with E-state index < -0.39 is 0 Å². The van der Waals surface area contributed by atoms with Gasteiger partial charge in [-0.3, -0.25) is 4.98 Å². The van der Waals surface area contributed by atoms with Gasteiger partial charge in [0.15, 0.2) is 5.82 Å². The van der Waals surface area contributed by atoms with Gasteiger partial charge in [0.2, 0.25) is 5.95 Å². The van der Waals surface area contributed by atoms with E-state index in [0.717, 1.165) is 50.6 Å². The molecule has 1 aromatic carbocycles. The molecule has 0 radical (unpaired) electrons. The molecule has 0 aliphatic carbocycles. The van der Waals surface area contributed by atoms with Crippen molar-refractivity contribution in [2.75, 3.05) is 55.0 Å². The standard InChI is InChI=1S/C21H25N7O/c1-27(11-8-17-6-9-22-10-7-17)21-25-20(16-23-26-21)24-18-4-2-3-5-19(18)28-12-14-29-15-13-28/h2-7,9-10,16H,8,11-15H2,1H3,(H,24,25,26). The molecule has 0 saturated carbocycles. The van der Waals surface area contributed by atoms with Crippen molar-refractivity contribution < 1.29 is 4.74 Å². The van der Waals surface area contributed by atoms with Gasteiger partial charge in [-0.25, -0.2) is 0 Å². The molecule has 3 aromatic rings. The molecule has 8 heteroatoms. The number of hydrogen-bond acceptors (Lipinski definition) is 8. The van der Waals surface area contributed by atoms with Crippen LogP contribution < -0.4 is 15.1 Å². The Hall–Kier alpha value is -3.26. The van der Waals surface area contributed by atoms with Crippen molar-refractivity contribution >= 4 is 23.1 Å². The molecule has 1 N–H and O–H groups in total. The second kappa shape index (κ2) is 9.29. The second-order valence-electron chi connectivity index (χ2n) is 6.91. The number of nitrogens with zero attached hydrogens (tertiary/aromatic N) is 6. The zero-order chi connectivity index (χ0) is 19.9. The molecule has 1 aliphatic heterocycles. The highest BCUT2D eigenvalue weighted by atomic mass is 16.5. The summed E-state index contributed by atoms with van der Waals surface area (Å²) in [5.41, 5.74) is 3.37. The lowest BCUT2D eigenvalue weighted by molar-refractivity contribution is 0.123. The van der Waals surface area contributed by atoms with Gasteiger partial charge in [0.25, 0.3) is 0 Å². The first-order valence-corrected chi connectivity index (χ1v) is 9.78. The number of ether oxygens (including phenoxy) is 1. The number of para-hydroxylation sites is 2. The molecular formula is C21H25N7O. The van der Waals surface area contributed by atoms with Crippen LogP contribution in [0, 0.1) is 0 Å². The zero-order valence-electron chi connectivity index (χ0n) is 16.5. The van der Waals surface area contributed by atoms with Crippen LogP contribution in [0.1, 0.15) is 5.56 Å². The van der Waals surface area contributed by atoms with Crippen LogP contribution in [0.2, 0.25) is 0 Å². The summed E-state index contributed by atoms with van der Waals surface area (Å²) in [4.78, 5) is 13.0. The number of anilines is 4. The molecule has 150 valence electrons. The number of aromatic nitrogens is 4. The van der Waals surface area contributed by atoms with Gasteiger partial charge in [0.1, 0.15) is 0 Å². The molecule has 0 atom stereocenters. The summed E-state index contributed by atoms with van der Waals surface area (Å²) in [6.07, 6.45) is 6.16. The van der Waals surface area contributed by atoms with Crippen molar-refractivity contribution in [2.24, 2.45) is 0 Å². The molecule has 0 bridgehead atoms. The molecule has 0 spiro atoms. The van der Waals surface area contributed by atoms with Crippen LogP contribution >= 0.6 is 0 Å². The maximum Gasteiger partial charge on any atom is 0.247 e. The molecule has 1 saturated heterocycles. The van der Waals surface area contributed by atoms with E-state index >= 15 is 0 Å². The second-order valence-corrected chi connectivity index (χ2v) is 6.91. The fourth-order valence-corrected chi connectivity index (χ4v) is 3.26. The lowest BCUT2D eigenvalue weighted by atomic mass is 10.2. The Labute approximate surface area is 170 Å². The summed E-state index contributed by atoms with van der Waals surface area (Å²) in [6.45, 7) is 4.04. The third kappa shape index (κ3) is 4.97. The lowest BCUT2D eigenvalue weighted by Gasteiger charge is -2.30. The van der Waals surface area contributed by atoms with Crippen LogP contribution in [-0.2, 0) is 11.2 Å². The van der Waals surface area contributed by atoms with Crippen LogP contribution in [0.4, 0.5) is 23.1 Å². The highest BCUT2D eigenvalue weighted by molar-refractivity contribution is 5.74. The van der Waals surface area contributed by atoms with Crippen LogP contribution in [0.3, 0.4) is 0 Å². The van der Waals surface area contributed by atoms with Gasteiger partial charge in [0, 0.05) is 39.1 Å². The third-order valence-electron chi connectivity index (χ3n) is 4.89. The van der Waals surface area contributed by atoms with E-state index in [4.69, 9.17) is 4.74 Å². The molecule has 3 heterocycles. The highest BCUT2D eigenvalue weighted by Crippen LogP contribution is 2.28. The van der Waals surface area contributed by atoms with Crippen molar-refractivity contribution in [1.82, 2.24) is 20.2 Å². The number of likely N-dealkylation sites (N-methyl/N-ethyl adjacent to an activating group) is 1. The van der Waals surface area contributed by atoms with Crippen molar-refractivity contribution in [3.8, 4) is 0 Å². The van der Waals surface area contributed by atoms with Crippen molar-refractivity contribution in [3.05, 3.63) is 60.6 Å². The highest BCUT2D eigenvalue weighted by Gasteiger charge is 2.15. The minimum Gasteiger partial charge on any atom is -0.378 e. The Balaban J connectivity index is 1.45. The summed E-state index contributed by atoms with van der Waals surface area (Å²) in [5.74, 6) is 1.26. The van der Waals surface area contributed by atoms with E-state index in [-0.39, 0.29) is 0 Å². The Morgan fingerprint density at radius 1 is 1.10 bits per heavy atom. The van der Waals surface area contributed by atoms with Crippen LogP contribution in [0.15, 0.2) is 55.0 Å².